The minimum absolute atomic E-state index is 0.0794. The summed E-state index contributed by atoms with van der Waals surface area (Å²) in [5.41, 5.74) is 1.60. The van der Waals surface area contributed by atoms with Gasteiger partial charge in [-0.25, -0.2) is 0 Å². The molecule has 0 saturated heterocycles. The number of nitrogens with zero attached hydrogens (tertiary/aromatic N) is 3. The Bertz CT molecular complexity index is 887. The van der Waals surface area contributed by atoms with Gasteiger partial charge in [0, 0.05) is 25.0 Å². The van der Waals surface area contributed by atoms with Crippen molar-refractivity contribution in [1.82, 2.24) is 9.80 Å². The second kappa shape index (κ2) is 6.28. The molecule has 0 aromatic carbocycles. The maximum absolute atomic E-state index is 12.8. The number of furan rings is 1. The molecular weight excluding hydrogens is 354 g/mol. The highest BCUT2D eigenvalue weighted by Gasteiger charge is 2.37. The summed E-state index contributed by atoms with van der Waals surface area (Å²) < 4.78 is 5.21. The van der Waals surface area contributed by atoms with Gasteiger partial charge in [-0.05, 0) is 31.0 Å². The molecule has 0 atom stereocenters. The highest BCUT2D eigenvalue weighted by atomic mass is 32.1. The van der Waals surface area contributed by atoms with Crippen molar-refractivity contribution in [1.29, 1.82) is 0 Å². The molecule has 0 unspecified atom stereocenters. The van der Waals surface area contributed by atoms with E-state index >= 15 is 0 Å². The second-order valence-corrected chi connectivity index (χ2v) is 7.52. The number of carbonyl (C=O) groups is 3. The van der Waals surface area contributed by atoms with Crippen LogP contribution in [0.3, 0.4) is 0 Å². The van der Waals surface area contributed by atoms with Crippen LogP contribution in [0, 0.1) is 0 Å². The predicted molar refractivity (Wildman–Crippen MR) is 96.5 cm³/mol. The summed E-state index contributed by atoms with van der Waals surface area (Å²) in [5.74, 6) is -0.0410. The quantitative estimate of drug-likeness (QED) is 0.807. The van der Waals surface area contributed by atoms with Crippen molar-refractivity contribution in [3.63, 3.8) is 0 Å². The van der Waals surface area contributed by atoms with E-state index in [9.17, 15) is 14.4 Å². The van der Waals surface area contributed by atoms with E-state index in [0.717, 1.165) is 10.4 Å². The first-order chi connectivity index (χ1) is 12.5. The van der Waals surface area contributed by atoms with E-state index in [4.69, 9.17) is 4.42 Å². The van der Waals surface area contributed by atoms with Crippen molar-refractivity contribution < 1.29 is 18.8 Å². The number of amides is 3. The molecule has 0 radical (unpaired) electrons. The molecule has 0 aliphatic carbocycles. The van der Waals surface area contributed by atoms with Crippen molar-refractivity contribution in [3.8, 4) is 0 Å². The molecule has 7 nitrogen and oxygen atoms in total. The van der Waals surface area contributed by atoms with Crippen LogP contribution < -0.4 is 4.90 Å². The van der Waals surface area contributed by atoms with Crippen LogP contribution in [0.2, 0.25) is 0 Å². The maximum Gasteiger partial charge on any atom is 0.289 e. The highest BCUT2D eigenvalue weighted by Crippen LogP contribution is 2.41. The van der Waals surface area contributed by atoms with Gasteiger partial charge in [-0.2, -0.15) is 0 Å². The summed E-state index contributed by atoms with van der Waals surface area (Å²) in [7, 11) is 1.66. The average Bonchev–Trinajstić information content (AvgIpc) is 3.26. The normalized spacial score (nSPS) is 17.2. The average molecular weight is 373 g/mol. The first-order valence-corrected chi connectivity index (χ1v) is 9.36. The third-order valence-corrected chi connectivity index (χ3v) is 6.09. The van der Waals surface area contributed by atoms with Gasteiger partial charge < -0.3 is 19.1 Å². The molecule has 8 heteroatoms. The van der Waals surface area contributed by atoms with E-state index in [2.05, 4.69) is 0 Å². The number of hydrogen-bond donors (Lipinski definition) is 0. The summed E-state index contributed by atoms with van der Waals surface area (Å²) in [6, 6.07) is 3.34. The van der Waals surface area contributed by atoms with E-state index < -0.39 is 0 Å². The Balaban J connectivity index is 1.72. The Hall–Kier alpha value is -2.61. The third-order valence-electron chi connectivity index (χ3n) is 4.85. The summed E-state index contributed by atoms with van der Waals surface area (Å²) in [4.78, 5) is 43.7. The zero-order valence-corrected chi connectivity index (χ0v) is 15.5. The zero-order valence-electron chi connectivity index (χ0n) is 14.7. The fraction of sp³-hybridized carbons (Fsp3) is 0.389. The SMILES string of the molecule is CCN1C(=O)CN(C)C(=O)c2c1sc1c2CCN(C(=O)c2ccco2)C1. The molecule has 2 aromatic heterocycles. The topological polar surface area (TPSA) is 74.1 Å². The highest BCUT2D eigenvalue weighted by molar-refractivity contribution is 7.17. The van der Waals surface area contributed by atoms with E-state index in [1.807, 2.05) is 6.92 Å². The van der Waals surface area contributed by atoms with Crippen molar-refractivity contribution >= 4 is 34.1 Å². The lowest BCUT2D eigenvalue weighted by molar-refractivity contribution is -0.118. The Morgan fingerprint density at radius 1 is 1.31 bits per heavy atom. The largest absolute Gasteiger partial charge is 0.459 e. The molecule has 3 amide bonds. The first-order valence-electron chi connectivity index (χ1n) is 8.54. The van der Waals surface area contributed by atoms with Gasteiger partial charge in [0.15, 0.2) is 5.76 Å². The van der Waals surface area contributed by atoms with E-state index in [1.165, 1.54) is 22.5 Å². The Labute approximate surface area is 154 Å². The van der Waals surface area contributed by atoms with Gasteiger partial charge in [-0.1, -0.05) is 0 Å². The Morgan fingerprint density at radius 2 is 2.12 bits per heavy atom. The number of anilines is 1. The zero-order chi connectivity index (χ0) is 18.4. The minimum Gasteiger partial charge on any atom is -0.459 e. The van der Waals surface area contributed by atoms with Crippen molar-refractivity contribution in [2.24, 2.45) is 0 Å². The van der Waals surface area contributed by atoms with Crippen molar-refractivity contribution in [3.05, 3.63) is 40.2 Å². The second-order valence-electron chi connectivity index (χ2n) is 6.44. The number of hydrogen-bond acceptors (Lipinski definition) is 5. The van der Waals surface area contributed by atoms with Crippen molar-refractivity contribution in [2.75, 3.05) is 31.6 Å². The fourth-order valence-electron chi connectivity index (χ4n) is 3.51. The van der Waals surface area contributed by atoms with Gasteiger partial charge in [-0.3, -0.25) is 14.4 Å². The lowest BCUT2D eigenvalue weighted by Crippen LogP contribution is -2.38. The molecule has 0 fully saturated rings. The lowest BCUT2D eigenvalue weighted by atomic mass is 10.0. The van der Waals surface area contributed by atoms with Gasteiger partial charge in [0.05, 0.1) is 18.4 Å². The molecular formula is C18H19N3O4S. The number of likely N-dealkylation sites (N-methyl/N-ethyl adjacent to an activating group) is 2. The smallest absolute Gasteiger partial charge is 0.289 e. The Morgan fingerprint density at radius 3 is 2.81 bits per heavy atom. The van der Waals surface area contributed by atoms with Gasteiger partial charge in [0.25, 0.3) is 11.8 Å². The standard InChI is InChI=1S/C18H19N3O4S/c1-3-21-14(22)10-19(2)17(24)15-11-6-7-20(9-13(11)26-18(15)21)16(23)12-5-4-8-25-12/h4-5,8H,3,6-7,9-10H2,1-2H3. The number of rotatable bonds is 2. The van der Waals surface area contributed by atoms with Crippen LogP contribution in [-0.4, -0.2) is 54.2 Å². The van der Waals surface area contributed by atoms with Crippen LogP contribution in [0.5, 0.6) is 0 Å². The molecule has 2 aliphatic rings. The van der Waals surface area contributed by atoms with Crippen LogP contribution in [-0.2, 0) is 17.8 Å². The molecule has 26 heavy (non-hydrogen) atoms. The molecule has 4 heterocycles. The Kier molecular flexibility index (Phi) is 4.07. The van der Waals surface area contributed by atoms with Gasteiger partial charge in [0.1, 0.15) is 11.5 Å². The van der Waals surface area contributed by atoms with Crippen LogP contribution in [0.4, 0.5) is 5.00 Å². The summed E-state index contributed by atoms with van der Waals surface area (Å²) in [6.07, 6.45) is 2.08. The molecule has 0 N–H and O–H groups in total. The molecule has 0 bridgehead atoms. The molecule has 0 spiro atoms. The monoisotopic (exact) mass is 373 g/mol. The molecule has 0 saturated carbocycles. The van der Waals surface area contributed by atoms with Crippen LogP contribution in [0.25, 0.3) is 0 Å². The van der Waals surface area contributed by atoms with Gasteiger partial charge >= 0.3 is 0 Å². The van der Waals surface area contributed by atoms with E-state index in [-0.39, 0.29) is 24.3 Å². The van der Waals surface area contributed by atoms with Gasteiger partial charge in [-0.15, -0.1) is 11.3 Å². The van der Waals surface area contributed by atoms with E-state index in [0.29, 0.717) is 42.4 Å². The third kappa shape index (κ3) is 2.52. The summed E-state index contributed by atoms with van der Waals surface area (Å²) in [6.45, 7) is 3.46. The number of carbonyl (C=O) groups excluding carboxylic acids is 3. The summed E-state index contributed by atoms with van der Waals surface area (Å²) in [5, 5.41) is 0.712. The predicted octanol–water partition coefficient (Wildman–Crippen LogP) is 1.98. The van der Waals surface area contributed by atoms with Crippen LogP contribution in [0.1, 0.15) is 38.3 Å². The lowest BCUT2D eigenvalue weighted by Gasteiger charge is -2.26. The van der Waals surface area contributed by atoms with E-state index in [1.54, 1.807) is 29.0 Å². The number of thiophene rings is 1. The van der Waals surface area contributed by atoms with Gasteiger partial charge in [0.2, 0.25) is 5.91 Å². The molecule has 136 valence electrons. The number of fused-ring (bicyclic) bond motifs is 3. The van der Waals surface area contributed by atoms with Crippen LogP contribution in [0.15, 0.2) is 22.8 Å². The fourth-order valence-corrected chi connectivity index (χ4v) is 4.95. The minimum atomic E-state index is -0.156. The first kappa shape index (κ1) is 16.8. The summed E-state index contributed by atoms with van der Waals surface area (Å²) >= 11 is 1.44. The molecule has 2 aliphatic heterocycles. The van der Waals surface area contributed by atoms with Crippen molar-refractivity contribution in [2.45, 2.75) is 19.9 Å². The molecule has 2 aromatic rings. The van der Waals surface area contributed by atoms with Crippen LogP contribution >= 0.6 is 11.3 Å². The molecule has 4 rings (SSSR count). The maximum atomic E-state index is 12.8.